The van der Waals surface area contributed by atoms with Gasteiger partial charge in [0.15, 0.2) is 0 Å². The Bertz CT molecular complexity index is 533. The van der Waals surface area contributed by atoms with Crippen LogP contribution >= 0.6 is 11.6 Å². The van der Waals surface area contributed by atoms with Gasteiger partial charge in [-0.05, 0) is 37.5 Å². The lowest BCUT2D eigenvalue weighted by atomic mass is 9.67. The summed E-state index contributed by atoms with van der Waals surface area (Å²) in [4.78, 5) is 2.44. The molecular weight excluding hydrogens is 336 g/mol. The Balaban J connectivity index is 1.85. The molecule has 4 nitrogen and oxygen atoms in total. The van der Waals surface area contributed by atoms with Gasteiger partial charge in [-0.1, -0.05) is 37.6 Å². The van der Waals surface area contributed by atoms with Crippen molar-refractivity contribution in [1.82, 2.24) is 4.90 Å². The molecule has 1 aliphatic rings. The van der Waals surface area contributed by atoms with Gasteiger partial charge in [0.05, 0.1) is 12.2 Å². The van der Waals surface area contributed by atoms with Gasteiger partial charge in [-0.15, -0.1) is 0 Å². The summed E-state index contributed by atoms with van der Waals surface area (Å²) in [6, 6.07) is 7.91. The molecule has 142 valence electrons. The first-order chi connectivity index (χ1) is 11.7. The molecule has 1 aromatic carbocycles. The monoisotopic (exact) mass is 368 g/mol. The molecule has 25 heavy (non-hydrogen) atoms. The van der Waals surface area contributed by atoms with E-state index < -0.39 is 5.60 Å². The minimum atomic E-state index is -0.692. The number of benzene rings is 1. The lowest BCUT2D eigenvalue weighted by Gasteiger charge is -2.50. The largest absolute Gasteiger partial charge is 0.389 e. The van der Waals surface area contributed by atoms with Crippen LogP contribution in [-0.2, 0) is 11.2 Å². The lowest BCUT2D eigenvalue weighted by Crippen LogP contribution is -2.58. The van der Waals surface area contributed by atoms with E-state index in [0.29, 0.717) is 13.0 Å². The van der Waals surface area contributed by atoms with E-state index in [-0.39, 0.29) is 11.5 Å². The molecule has 0 radical (unpaired) electrons. The zero-order valence-electron chi connectivity index (χ0n) is 15.8. The number of ether oxygens (including phenoxy) is 1. The van der Waals surface area contributed by atoms with Crippen molar-refractivity contribution in [3.63, 3.8) is 0 Å². The molecular formula is C20H33ClN2O2. The van der Waals surface area contributed by atoms with E-state index in [1.165, 1.54) is 0 Å². The number of hydrogen-bond donors (Lipinski definition) is 2. The molecule has 0 saturated carbocycles. The number of hydrogen-bond acceptors (Lipinski definition) is 4. The molecule has 0 amide bonds. The van der Waals surface area contributed by atoms with Crippen molar-refractivity contribution in [2.75, 3.05) is 32.8 Å². The van der Waals surface area contributed by atoms with Crippen LogP contribution in [0.5, 0.6) is 0 Å². The molecule has 3 N–H and O–H groups in total. The molecule has 1 fully saturated rings. The van der Waals surface area contributed by atoms with Crippen LogP contribution in [-0.4, -0.2) is 54.5 Å². The second kappa shape index (κ2) is 8.83. The number of aliphatic hydroxyl groups is 1. The highest BCUT2D eigenvalue weighted by atomic mass is 35.5. The molecule has 1 aliphatic heterocycles. The Morgan fingerprint density at radius 2 is 2.00 bits per heavy atom. The fourth-order valence-electron chi connectivity index (χ4n) is 3.58. The minimum absolute atomic E-state index is 0.0943. The van der Waals surface area contributed by atoms with Crippen LogP contribution in [0.15, 0.2) is 24.3 Å². The van der Waals surface area contributed by atoms with Crippen LogP contribution in [0, 0.1) is 5.41 Å². The Morgan fingerprint density at radius 1 is 1.32 bits per heavy atom. The van der Waals surface area contributed by atoms with Gasteiger partial charge < -0.3 is 20.5 Å². The van der Waals surface area contributed by atoms with Crippen LogP contribution in [0.1, 0.15) is 39.2 Å². The van der Waals surface area contributed by atoms with E-state index in [4.69, 9.17) is 22.1 Å². The van der Waals surface area contributed by atoms with E-state index in [1.54, 1.807) is 0 Å². The highest BCUT2D eigenvalue weighted by Crippen LogP contribution is 2.41. The van der Waals surface area contributed by atoms with E-state index in [0.717, 1.165) is 49.7 Å². The topological polar surface area (TPSA) is 58.7 Å². The highest BCUT2D eigenvalue weighted by molar-refractivity contribution is 6.30. The highest BCUT2D eigenvalue weighted by Gasteiger charge is 2.47. The van der Waals surface area contributed by atoms with Crippen LogP contribution in [0.3, 0.4) is 0 Å². The molecule has 0 aromatic heterocycles. The number of likely N-dealkylation sites (tertiary alicyclic amines) is 1. The first-order valence-electron chi connectivity index (χ1n) is 9.24. The van der Waals surface area contributed by atoms with Crippen LogP contribution < -0.4 is 5.73 Å². The summed E-state index contributed by atoms with van der Waals surface area (Å²) in [7, 11) is 0. The summed E-state index contributed by atoms with van der Waals surface area (Å²) in [5.74, 6) is 0. The van der Waals surface area contributed by atoms with Crippen molar-refractivity contribution in [1.29, 1.82) is 0 Å². The molecule has 0 aliphatic carbocycles. The zero-order valence-corrected chi connectivity index (χ0v) is 16.6. The van der Waals surface area contributed by atoms with Crippen molar-refractivity contribution in [3.05, 3.63) is 34.9 Å². The van der Waals surface area contributed by atoms with Gasteiger partial charge >= 0.3 is 0 Å². The Hall–Kier alpha value is -0.650. The summed E-state index contributed by atoms with van der Waals surface area (Å²) in [5, 5.41) is 12.0. The quantitative estimate of drug-likeness (QED) is 0.692. The predicted molar refractivity (Wildman–Crippen MR) is 104 cm³/mol. The van der Waals surface area contributed by atoms with Gasteiger partial charge in [0.2, 0.25) is 0 Å². The molecule has 2 rings (SSSR count). The maximum Gasteiger partial charge on any atom is 0.0762 e. The van der Waals surface area contributed by atoms with E-state index in [9.17, 15) is 5.11 Å². The second-order valence-electron chi connectivity index (χ2n) is 8.15. The van der Waals surface area contributed by atoms with E-state index in [1.807, 2.05) is 31.2 Å². The van der Waals surface area contributed by atoms with Crippen LogP contribution in [0.4, 0.5) is 0 Å². The third kappa shape index (κ3) is 5.93. The predicted octanol–water partition coefficient (Wildman–Crippen LogP) is 3.10. The minimum Gasteiger partial charge on any atom is -0.389 e. The smallest absolute Gasteiger partial charge is 0.0762 e. The number of nitrogens with zero attached hydrogens (tertiary/aromatic N) is 1. The number of piperidine rings is 1. The molecule has 1 aromatic rings. The third-order valence-corrected chi connectivity index (χ3v) is 5.53. The van der Waals surface area contributed by atoms with Crippen molar-refractivity contribution in [2.45, 2.75) is 51.7 Å². The maximum atomic E-state index is 11.3. The molecule has 5 heteroatoms. The maximum absolute atomic E-state index is 11.3. The first-order valence-corrected chi connectivity index (χ1v) is 9.62. The fraction of sp³-hybridized carbons (Fsp3) is 0.700. The van der Waals surface area contributed by atoms with Crippen molar-refractivity contribution in [2.24, 2.45) is 11.1 Å². The van der Waals surface area contributed by atoms with Gasteiger partial charge in [-0.25, -0.2) is 0 Å². The molecule has 1 heterocycles. The molecule has 2 unspecified atom stereocenters. The number of nitrogens with two attached hydrogens (primary N) is 1. The molecule has 0 bridgehead atoms. The van der Waals surface area contributed by atoms with Gasteiger partial charge in [0.25, 0.3) is 0 Å². The Labute approximate surface area is 157 Å². The molecule has 0 spiro atoms. The number of rotatable bonds is 8. The molecule has 2 atom stereocenters. The van der Waals surface area contributed by atoms with Gasteiger partial charge in [0.1, 0.15) is 0 Å². The normalized spacial score (nSPS) is 25.0. The van der Waals surface area contributed by atoms with Crippen molar-refractivity contribution >= 4 is 11.6 Å². The fourth-order valence-corrected chi connectivity index (χ4v) is 3.71. The summed E-state index contributed by atoms with van der Waals surface area (Å²) in [6.07, 6.45) is 2.45. The average Bonchev–Trinajstić information content (AvgIpc) is 2.52. The van der Waals surface area contributed by atoms with Crippen LogP contribution in [0.2, 0.25) is 5.02 Å². The van der Waals surface area contributed by atoms with Gasteiger partial charge in [-0.3, -0.25) is 0 Å². The first kappa shape index (κ1) is 20.7. The second-order valence-corrected chi connectivity index (χ2v) is 8.59. The summed E-state index contributed by atoms with van der Waals surface area (Å²) in [5.41, 5.74) is 5.96. The standard InChI is InChI=1S/C20H33ClN2O2/c1-16(22)14-25-12-4-10-23-11-9-20(24,19(2,3)15-23)13-17-5-7-18(21)8-6-17/h5-8,16,24H,4,9-15,22H2,1-3H3. The third-order valence-electron chi connectivity index (χ3n) is 5.27. The van der Waals surface area contributed by atoms with E-state index >= 15 is 0 Å². The van der Waals surface area contributed by atoms with Gasteiger partial charge in [-0.2, -0.15) is 0 Å². The Morgan fingerprint density at radius 3 is 2.60 bits per heavy atom. The average molecular weight is 369 g/mol. The molecule has 1 saturated heterocycles. The number of halogens is 1. The Kier molecular flexibility index (Phi) is 7.29. The summed E-state index contributed by atoms with van der Waals surface area (Å²) in [6.45, 7) is 10.5. The summed E-state index contributed by atoms with van der Waals surface area (Å²) < 4.78 is 5.56. The zero-order chi connectivity index (χ0) is 18.5. The summed E-state index contributed by atoms with van der Waals surface area (Å²) >= 11 is 5.97. The lowest BCUT2D eigenvalue weighted by molar-refractivity contribution is -0.118. The van der Waals surface area contributed by atoms with Gasteiger partial charge in [0, 0.05) is 49.1 Å². The van der Waals surface area contributed by atoms with Crippen LogP contribution in [0.25, 0.3) is 0 Å². The van der Waals surface area contributed by atoms with E-state index in [2.05, 4.69) is 18.7 Å². The SMILES string of the molecule is CC(N)COCCCN1CCC(O)(Cc2ccc(Cl)cc2)C(C)(C)C1. The van der Waals surface area contributed by atoms with Crippen molar-refractivity contribution in [3.8, 4) is 0 Å². The van der Waals surface area contributed by atoms with Crippen molar-refractivity contribution < 1.29 is 9.84 Å².